The predicted molar refractivity (Wildman–Crippen MR) is 85.5 cm³/mol. The first-order valence-corrected chi connectivity index (χ1v) is 7.05. The molecule has 6 nitrogen and oxygen atoms in total. The zero-order valence-corrected chi connectivity index (χ0v) is 12.0. The topological polar surface area (TPSA) is 73.0 Å². The van der Waals surface area contributed by atoms with E-state index in [0.29, 0.717) is 5.69 Å². The van der Waals surface area contributed by atoms with Gasteiger partial charge in [0.05, 0.1) is 11.0 Å². The Bertz CT molecular complexity index is 956. The molecule has 0 atom stereocenters. The lowest BCUT2D eigenvalue weighted by atomic mass is 10.2. The monoisotopic (exact) mass is 304 g/mol. The highest BCUT2D eigenvalue weighted by Crippen LogP contribution is 2.19. The Kier molecular flexibility index (Phi) is 3.12. The van der Waals surface area contributed by atoms with Crippen molar-refractivity contribution < 1.29 is 9.32 Å². The van der Waals surface area contributed by atoms with E-state index in [1.165, 1.54) is 12.3 Å². The van der Waals surface area contributed by atoms with E-state index in [1.54, 1.807) is 6.33 Å². The standard InChI is InChI=1S/C17H12N4O2/c22-17(15-9-10-23-20-15)19-12-5-7-13(8-6-12)21-11-18-14-3-1-2-4-16(14)21/h1-11H,(H,19,22). The zero-order chi connectivity index (χ0) is 15.6. The molecule has 0 radical (unpaired) electrons. The molecule has 0 aliphatic rings. The van der Waals surface area contributed by atoms with E-state index in [1.807, 2.05) is 53.1 Å². The molecule has 2 aromatic carbocycles. The number of rotatable bonds is 3. The maximum Gasteiger partial charge on any atom is 0.277 e. The number of hydrogen-bond donors (Lipinski definition) is 1. The van der Waals surface area contributed by atoms with Crippen LogP contribution in [0, 0.1) is 0 Å². The highest BCUT2D eigenvalue weighted by Gasteiger charge is 2.09. The van der Waals surface area contributed by atoms with Crippen LogP contribution in [-0.2, 0) is 0 Å². The van der Waals surface area contributed by atoms with Crippen LogP contribution in [0.15, 0.2) is 71.7 Å². The van der Waals surface area contributed by atoms with Crippen LogP contribution in [0.2, 0.25) is 0 Å². The van der Waals surface area contributed by atoms with Gasteiger partial charge < -0.3 is 9.84 Å². The summed E-state index contributed by atoms with van der Waals surface area (Å²) in [5, 5.41) is 6.37. The molecule has 112 valence electrons. The number of benzene rings is 2. The van der Waals surface area contributed by atoms with E-state index in [9.17, 15) is 4.79 Å². The van der Waals surface area contributed by atoms with Gasteiger partial charge in [-0.2, -0.15) is 0 Å². The molecule has 0 spiro atoms. The Hall–Kier alpha value is -3.41. The molecule has 0 saturated carbocycles. The Morgan fingerprint density at radius 2 is 1.87 bits per heavy atom. The number of anilines is 1. The minimum Gasteiger partial charge on any atom is -0.364 e. The largest absolute Gasteiger partial charge is 0.364 e. The van der Waals surface area contributed by atoms with Crippen molar-refractivity contribution in [1.29, 1.82) is 0 Å². The number of carbonyl (C=O) groups excluding carboxylic acids is 1. The third kappa shape index (κ3) is 2.46. The van der Waals surface area contributed by atoms with Gasteiger partial charge in [0, 0.05) is 17.4 Å². The average molecular weight is 304 g/mol. The van der Waals surface area contributed by atoms with Gasteiger partial charge in [-0.3, -0.25) is 9.36 Å². The SMILES string of the molecule is O=C(Nc1ccc(-n2cnc3ccccc32)cc1)c1ccon1. The highest BCUT2D eigenvalue weighted by atomic mass is 16.5. The van der Waals surface area contributed by atoms with Gasteiger partial charge in [0.25, 0.3) is 5.91 Å². The number of amides is 1. The molecule has 2 aromatic heterocycles. The van der Waals surface area contributed by atoms with Crippen LogP contribution >= 0.6 is 0 Å². The van der Waals surface area contributed by atoms with Gasteiger partial charge in [0.2, 0.25) is 0 Å². The number of hydrogen-bond acceptors (Lipinski definition) is 4. The van der Waals surface area contributed by atoms with Gasteiger partial charge in [-0.15, -0.1) is 0 Å². The van der Waals surface area contributed by atoms with Gasteiger partial charge in [0.15, 0.2) is 5.69 Å². The summed E-state index contributed by atoms with van der Waals surface area (Å²) >= 11 is 0. The van der Waals surface area contributed by atoms with Gasteiger partial charge in [-0.1, -0.05) is 17.3 Å². The lowest BCUT2D eigenvalue weighted by Crippen LogP contribution is -2.12. The first-order valence-electron chi connectivity index (χ1n) is 7.05. The second kappa shape index (κ2) is 5.42. The first kappa shape index (κ1) is 13.3. The highest BCUT2D eigenvalue weighted by molar-refractivity contribution is 6.02. The van der Waals surface area contributed by atoms with Gasteiger partial charge in [0.1, 0.15) is 12.6 Å². The quantitative estimate of drug-likeness (QED) is 0.630. The molecule has 23 heavy (non-hydrogen) atoms. The molecule has 6 heteroatoms. The number of nitrogens with one attached hydrogen (secondary N) is 1. The van der Waals surface area contributed by atoms with Crippen LogP contribution in [0.5, 0.6) is 0 Å². The molecule has 0 unspecified atom stereocenters. The molecule has 1 amide bonds. The van der Waals surface area contributed by atoms with Crippen LogP contribution in [-0.4, -0.2) is 20.6 Å². The van der Waals surface area contributed by atoms with Crippen molar-refractivity contribution in [3.63, 3.8) is 0 Å². The van der Waals surface area contributed by atoms with E-state index in [2.05, 4.69) is 20.0 Å². The number of fused-ring (bicyclic) bond motifs is 1. The number of imidazole rings is 1. The normalized spacial score (nSPS) is 10.8. The fraction of sp³-hybridized carbons (Fsp3) is 0. The number of nitrogens with zero attached hydrogens (tertiary/aromatic N) is 3. The third-order valence-electron chi connectivity index (χ3n) is 3.53. The summed E-state index contributed by atoms with van der Waals surface area (Å²) in [7, 11) is 0. The molecule has 4 rings (SSSR count). The molecule has 0 aliphatic heterocycles. The van der Waals surface area contributed by atoms with Crippen LogP contribution in [0.1, 0.15) is 10.5 Å². The van der Waals surface area contributed by atoms with E-state index >= 15 is 0 Å². The molecule has 0 bridgehead atoms. The number of carbonyl (C=O) groups is 1. The summed E-state index contributed by atoms with van der Waals surface area (Å²) in [5.41, 5.74) is 3.88. The summed E-state index contributed by atoms with van der Waals surface area (Å²) in [6.07, 6.45) is 3.15. The van der Waals surface area contributed by atoms with Gasteiger partial charge in [-0.05, 0) is 36.4 Å². The van der Waals surface area contributed by atoms with E-state index < -0.39 is 0 Å². The van der Waals surface area contributed by atoms with Crippen LogP contribution < -0.4 is 5.32 Å². The van der Waals surface area contributed by atoms with Crippen molar-refractivity contribution >= 4 is 22.6 Å². The molecule has 4 aromatic rings. The van der Waals surface area contributed by atoms with Crippen LogP contribution in [0.3, 0.4) is 0 Å². The first-order chi connectivity index (χ1) is 11.3. The van der Waals surface area contributed by atoms with Gasteiger partial charge >= 0.3 is 0 Å². The van der Waals surface area contributed by atoms with Crippen LogP contribution in [0.25, 0.3) is 16.7 Å². The maximum absolute atomic E-state index is 11.9. The third-order valence-corrected chi connectivity index (χ3v) is 3.53. The van der Waals surface area contributed by atoms with E-state index in [4.69, 9.17) is 0 Å². The van der Waals surface area contributed by atoms with Crippen molar-refractivity contribution in [2.24, 2.45) is 0 Å². The van der Waals surface area contributed by atoms with Gasteiger partial charge in [-0.25, -0.2) is 4.98 Å². The Balaban J connectivity index is 1.60. The summed E-state index contributed by atoms with van der Waals surface area (Å²) in [5.74, 6) is -0.306. The average Bonchev–Trinajstić information content (AvgIpc) is 3.25. The molecule has 1 N–H and O–H groups in total. The fourth-order valence-electron chi connectivity index (χ4n) is 2.40. The predicted octanol–water partition coefficient (Wildman–Crippen LogP) is 3.27. The van der Waals surface area contributed by atoms with Crippen molar-refractivity contribution in [3.8, 4) is 5.69 Å². The molecule has 0 saturated heterocycles. The van der Waals surface area contributed by atoms with Crippen molar-refractivity contribution in [2.45, 2.75) is 0 Å². The zero-order valence-electron chi connectivity index (χ0n) is 12.0. The summed E-state index contributed by atoms with van der Waals surface area (Å²) < 4.78 is 6.66. The fourth-order valence-corrected chi connectivity index (χ4v) is 2.40. The van der Waals surface area contributed by atoms with Crippen LogP contribution in [0.4, 0.5) is 5.69 Å². The second-order valence-electron chi connectivity index (χ2n) is 4.99. The molecular formula is C17H12N4O2. The smallest absolute Gasteiger partial charge is 0.277 e. The van der Waals surface area contributed by atoms with E-state index in [-0.39, 0.29) is 11.6 Å². The lowest BCUT2D eigenvalue weighted by molar-refractivity contribution is 0.101. The molecular weight excluding hydrogens is 292 g/mol. The Labute approximate surface area is 131 Å². The summed E-state index contributed by atoms with van der Waals surface area (Å²) in [4.78, 5) is 16.3. The molecule has 0 fully saturated rings. The van der Waals surface area contributed by atoms with Crippen molar-refractivity contribution in [3.05, 3.63) is 72.9 Å². The Morgan fingerprint density at radius 3 is 2.65 bits per heavy atom. The summed E-state index contributed by atoms with van der Waals surface area (Å²) in [6, 6.07) is 17.0. The minimum absolute atomic E-state index is 0.245. The van der Waals surface area contributed by atoms with Crippen molar-refractivity contribution in [2.75, 3.05) is 5.32 Å². The number of para-hydroxylation sites is 2. The summed E-state index contributed by atoms with van der Waals surface area (Å²) in [6.45, 7) is 0. The number of aromatic nitrogens is 3. The lowest BCUT2D eigenvalue weighted by Gasteiger charge is -2.07. The second-order valence-corrected chi connectivity index (χ2v) is 4.99. The molecule has 0 aliphatic carbocycles. The van der Waals surface area contributed by atoms with E-state index in [0.717, 1.165) is 16.7 Å². The minimum atomic E-state index is -0.306. The van der Waals surface area contributed by atoms with Crippen molar-refractivity contribution in [1.82, 2.24) is 14.7 Å². The molecule has 2 heterocycles. The Morgan fingerprint density at radius 1 is 1.04 bits per heavy atom. The maximum atomic E-state index is 11.9.